The summed E-state index contributed by atoms with van der Waals surface area (Å²) in [6, 6.07) is 5.52. The minimum absolute atomic E-state index is 0.495. The van der Waals surface area contributed by atoms with Gasteiger partial charge in [0.25, 0.3) is 0 Å². The van der Waals surface area contributed by atoms with Gasteiger partial charge in [-0.15, -0.1) is 11.3 Å². The number of fused-ring (bicyclic) bond motifs is 1. The van der Waals surface area contributed by atoms with E-state index in [2.05, 4.69) is 11.9 Å². The van der Waals surface area contributed by atoms with Gasteiger partial charge in [0.1, 0.15) is 0 Å². The van der Waals surface area contributed by atoms with E-state index in [1.54, 1.807) is 6.07 Å². The number of benzene rings is 1. The normalized spacial score (nSPS) is 12.9. The van der Waals surface area contributed by atoms with E-state index in [0.717, 1.165) is 16.6 Å². The second kappa shape index (κ2) is 6.26. The number of nitrogens with zero attached hydrogens (tertiary/aromatic N) is 1. The van der Waals surface area contributed by atoms with E-state index in [0.29, 0.717) is 29.0 Å². The van der Waals surface area contributed by atoms with Crippen LogP contribution in [0.5, 0.6) is 0 Å². The number of rotatable bonds is 6. The minimum atomic E-state index is -1.08. The molecule has 0 saturated heterocycles. The number of anilines is 1. The number of hydrogen-bond donors (Lipinski definition) is 1. The highest BCUT2D eigenvalue weighted by Gasteiger charge is 2.10. The summed E-state index contributed by atoms with van der Waals surface area (Å²) >= 11 is 1.44. The van der Waals surface area contributed by atoms with Crippen LogP contribution in [0.25, 0.3) is 10.2 Å². The van der Waals surface area contributed by atoms with Crippen LogP contribution in [0.15, 0.2) is 22.5 Å². The highest BCUT2D eigenvalue weighted by molar-refractivity contribution is 7.87. The number of nitrogens with two attached hydrogens (primary N) is 1. The topological polar surface area (TPSA) is 65.2 Å². The first-order valence-corrected chi connectivity index (χ1v) is 7.96. The van der Waals surface area contributed by atoms with Crippen molar-refractivity contribution in [3.05, 3.63) is 18.2 Å². The second-order valence-corrected chi connectivity index (χ2v) is 6.64. The monoisotopic (exact) mass is 284 g/mol. The Labute approximate surface area is 113 Å². The summed E-state index contributed by atoms with van der Waals surface area (Å²) in [5.74, 6) is 0.495. The van der Waals surface area contributed by atoms with E-state index in [9.17, 15) is 4.21 Å². The van der Waals surface area contributed by atoms with Crippen LogP contribution in [0.3, 0.4) is 0 Å². The third kappa shape index (κ3) is 3.28. The maximum absolute atomic E-state index is 12.0. The molecule has 98 valence electrons. The molecule has 0 aliphatic heterocycles. The molecule has 2 aromatic rings. The van der Waals surface area contributed by atoms with Crippen molar-refractivity contribution in [1.82, 2.24) is 4.98 Å². The number of thiazole rings is 1. The summed E-state index contributed by atoms with van der Waals surface area (Å²) in [6.07, 6.45) is 0.979. The molecule has 2 N–H and O–H groups in total. The molecular formula is C12H16N2O2S2. The van der Waals surface area contributed by atoms with Gasteiger partial charge in [0.2, 0.25) is 0 Å². The zero-order chi connectivity index (χ0) is 13.0. The Bertz CT molecular complexity index is 554. The van der Waals surface area contributed by atoms with Gasteiger partial charge in [-0.25, -0.2) is 4.98 Å². The van der Waals surface area contributed by atoms with Crippen molar-refractivity contribution in [2.75, 3.05) is 24.7 Å². The summed E-state index contributed by atoms with van der Waals surface area (Å²) in [6.45, 7) is 3.28. The van der Waals surface area contributed by atoms with E-state index in [1.807, 2.05) is 12.1 Å². The fourth-order valence-corrected chi connectivity index (χ4v) is 3.77. The molecule has 4 nitrogen and oxygen atoms in total. The molecule has 0 bridgehead atoms. The molecule has 2 rings (SSSR count). The predicted octanol–water partition coefficient (Wildman–Crippen LogP) is 2.41. The van der Waals surface area contributed by atoms with Gasteiger partial charge in [0.15, 0.2) is 4.34 Å². The molecule has 18 heavy (non-hydrogen) atoms. The summed E-state index contributed by atoms with van der Waals surface area (Å²) < 4.78 is 19.0. The van der Waals surface area contributed by atoms with Crippen LogP contribution in [0, 0.1) is 0 Å². The van der Waals surface area contributed by atoms with Gasteiger partial charge in [0, 0.05) is 12.3 Å². The summed E-state index contributed by atoms with van der Waals surface area (Å²) in [5, 5.41) is 0. The van der Waals surface area contributed by atoms with Gasteiger partial charge in [-0.2, -0.15) is 0 Å². The van der Waals surface area contributed by atoms with Gasteiger partial charge in [-0.3, -0.25) is 4.21 Å². The summed E-state index contributed by atoms with van der Waals surface area (Å²) in [7, 11) is -1.08. The molecule has 0 aliphatic carbocycles. The smallest absolute Gasteiger partial charge is 0.181 e. The van der Waals surface area contributed by atoms with Crippen molar-refractivity contribution in [2.45, 2.75) is 17.7 Å². The van der Waals surface area contributed by atoms with Gasteiger partial charge in [-0.05, 0) is 24.6 Å². The summed E-state index contributed by atoms with van der Waals surface area (Å²) in [5.41, 5.74) is 7.26. The van der Waals surface area contributed by atoms with Crippen molar-refractivity contribution in [3.63, 3.8) is 0 Å². The van der Waals surface area contributed by atoms with Crippen LogP contribution in [0.4, 0.5) is 5.69 Å². The van der Waals surface area contributed by atoms with Gasteiger partial charge in [-0.1, -0.05) is 6.92 Å². The Kier molecular flexibility index (Phi) is 4.68. The van der Waals surface area contributed by atoms with Crippen molar-refractivity contribution >= 4 is 38.0 Å². The Morgan fingerprint density at radius 3 is 3.06 bits per heavy atom. The van der Waals surface area contributed by atoms with Crippen LogP contribution in [0.1, 0.15) is 13.3 Å². The van der Waals surface area contributed by atoms with E-state index < -0.39 is 10.8 Å². The second-order valence-electron chi connectivity index (χ2n) is 3.87. The van der Waals surface area contributed by atoms with Gasteiger partial charge >= 0.3 is 0 Å². The fourth-order valence-electron chi connectivity index (χ4n) is 1.49. The zero-order valence-electron chi connectivity index (χ0n) is 10.2. The molecule has 0 spiro atoms. The molecule has 6 heteroatoms. The molecule has 0 amide bonds. The number of hydrogen-bond acceptors (Lipinski definition) is 5. The molecular weight excluding hydrogens is 268 g/mol. The van der Waals surface area contributed by atoms with Gasteiger partial charge in [0.05, 0.1) is 33.4 Å². The molecule has 0 fully saturated rings. The fraction of sp³-hybridized carbons (Fsp3) is 0.417. The Morgan fingerprint density at radius 1 is 1.44 bits per heavy atom. The molecule has 1 aromatic heterocycles. The third-order valence-corrected chi connectivity index (χ3v) is 4.99. The van der Waals surface area contributed by atoms with E-state index in [-0.39, 0.29) is 0 Å². The lowest BCUT2D eigenvalue weighted by molar-refractivity contribution is 0.150. The van der Waals surface area contributed by atoms with E-state index in [1.165, 1.54) is 11.3 Å². The number of aromatic nitrogens is 1. The highest BCUT2D eigenvalue weighted by Crippen LogP contribution is 2.26. The van der Waals surface area contributed by atoms with Crippen LogP contribution in [-0.4, -0.2) is 28.2 Å². The maximum Gasteiger partial charge on any atom is 0.181 e. The molecule has 1 unspecified atom stereocenters. The quantitative estimate of drug-likeness (QED) is 0.653. The molecule has 1 atom stereocenters. The first-order chi connectivity index (χ1) is 8.70. The average Bonchev–Trinajstić information content (AvgIpc) is 2.77. The standard InChI is InChI=1S/C12H16N2O2S2/c1-2-5-16-6-7-18(15)12-14-10-4-3-9(13)8-11(10)17-12/h3-4,8H,2,5-7,13H2,1H3. The lowest BCUT2D eigenvalue weighted by Crippen LogP contribution is -2.06. The minimum Gasteiger partial charge on any atom is -0.399 e. The molecule has 0 aliphatic rings. The predicted molar refractivity (Wildman–Crippen MR) is 76.4 cm³/mol. The average molecular weight is 284 g/mol. The lowest BCUT2D eigenvalue weighted by Gasteiger charge is -2.00. The first-order valence-electron chi connectivity index (χ1n) is 5.83. The highest BCUT2D eigenvalue weighted by atomic mass is 32.2. The Balaban J connectivity index is 2.04. The molecule has 0 saturated carbocycles. The van der Waals surface area contributed by atoms with Crippen LogP contribution in [0.2, 0.25) is 0 Å². The Morgan fingerprint density at radius 2 is 2.28 bits per heavy atom. The van der Waals surface area contributed by atoms with Crippen LogP contribution < -0.4 is 5.73 Å². The zero-order valence-corrected chi connectivity index (χ0v) is 11.9. The molecule has 1 aromatic carbocycles. The van der Waals surface area contributed by atoms with Crippen molar-refractivity contribution < 1.29 is 8.95 Å². The molecule has 1 heterocycles. The van der Waals surface area contributed by atoms with E-state index in [4.69, 9.17) is 10.5 Å². The van der Waals surface area contributed by atoms with Crippen LogP contribution >= 0.6 is 11.3 Å². The Hall–Kier alpha value is -0.980. The number of nitrogen functional groups attached to an aromatic ring is 1. The maximum atomic E-state index is 12.0. The van der Waals surface area contributed by atoms with Crippen molar-refractivity contribution in [3.8, 4) is 0 Å². The lowest BCUT2D eigenvalue weighted by atomic mass is 10.3. The van der Waals surface area contributed by atoms with Crippen molar-refractivity contribution in [1.29, 1.82) is 0 Å². The van der Waals surface area contributed by atoms with Gasteiger partial charge < -0.3 is 10.5 Å². The first kappa shape index (κ1) is 13.5. The van der Waals surface area contributed by atoms with E-state index >= 15 is 0 Å². The van der Waals surface area contributed by atoms with Crippen LogP contribution in [-0.2, 0) is 15.5 Å². The number of ether oxygens (including phenoxy) is 1. The largest absolute Gasteiger partial charge is 0.399 e. The third-order valence-electron chi connectivity index (χ3n) is 2.35. The SMILES string of the molecule is CCCOCCS(=O)c1nc2ccc(N)cc2s1. The van der Waals surface area contributed by atoms with Crippen molar-refractivity contribution in [2.24, 2.45) is 0 Å². The summed E-state index contributed by atoms with van der Waals surface area (Å²) in [4.78, 5) is 4.36. The molecule has 0 radical (unpaired) electrons.